The van der Waals surface area contributed by atoms with Crippen LogP contribution in [0.15, 0.2) is 41.8 Å². The number of hydrogen-bond donors (Lipinski definition) is 0. The number of rotatable bonds is 8. The average molecular weight is 415 g/mol. The van der Waals surface area contributed by atoms with Crippen molar-refractivity contribution in [2.75, 3.05) is 31.2 Å². The van der Waals surface area contributed by atoms with E-state index in [0.29, 0.717) is 25.3 Å². The summed E-state index contributed by atoms with van der Waals surface area (Å²) in [5.41, 5.74) is 0.879. The SMILES string of the molecule is O=C(COc1ccc(N2CCCC2=O)cc1)N(Cc1cccs1)CC1CCCO1. The number of hydrogen-bond acceptors (Lipinski definition) is 5. The first-order chi connectivity index (χ1) is 14.2. The number of anilines is 1. The van der Waals surface area contributed by atoms with Crippen molar-refractivity contribution in [3.05, 3.63) is 46.7 Å². The number of carbonyl (C=O) groups excluding carboxylic acids is 2. The van der Waals surface area contributed by atoms with Crippen LogP contribution in [0.5, 0.6) is 5.75 Å². The van der Waals surface area contributed by atoms with Crippen molar-refractivity contribution in [2.24, 2.45) is 0 Å². The number of nitrogens with zero attached hydrogens (tertiary/aromatic N) is 2. The third-order valence-corrected chi connectivity index (χ3v) is 6.17. The van der Waals surface area contributed by atoms with E-state index in [0.717, 1.165) is 43.0 Å². The molecule has 2 aromatic rings. The Balaban J connectivity index is 1.34. The van der Waals surface area contributed by atoms with E-state index in [1.165, 1.54) is 0 Å². The van der Waals surface area contributed by atoms with Gasteiger partial charge in [0.1, 0.15) is 5.75 Å². The van der Waals surface area contributed by atoms with Crippen LogP contribution in [0.25, 0.3) is 0 Å². The number of amides is 2. The Hall–Kier alpha value is -2.38. The topological polar surface area (TPSA) is 59.1 Å². The molecule has 2 aliphatic rings. The van der Waals surface area contributed by atoms with Gasteiger partial charge in [0, 0.05) is 36.7 Å². The van der Waals surface area contributed by atoms with Gasteiger partial charge in [0.2, 0.25) is 5.91 Å². The number of carbonyl (C=O) groups is 2. The van der Waals surface area contributed by atoms with Gasteiger partial charge in [-0.1, -0.05) is 6.07 Å². The first-order valence-corrected chi connectivity index (χ1v) is 11.0. The fraction of sp³-hybridized carbons (Fsp3) is 0.455. The molecular formula is C22H26N2O4S. The summed E-state index contributed by atoms with van der Waals surface area (Å²) in [6.45, 7) is 2.69. The lowest BCUT2D eigenvalue weighted by Gasteiger charge is -2.25. The average Bonchev–Trinajstić information content (AvgIpc) is 3.50. The maximum Gasteiger partial charge on any atom is 0.260 e. The highest BCUT2D eigenvalue weighted by Crippen LogP contribution is 2.24. The Kier molecular flexibility index (Phi) is 6.46. The van der Waals surface area contributed by atoms with Crippen molar-refractivity contribution in [2.45, 2.75) is 38.3 Å². The number of benzene rings is 1. The molecule has 0 radical (unpaired) electrons. The fourth-order valence-electron chi connectivity index (χ4n) is 3.76. The molecule has 2 aliphatic heterocycles. The molecule has 0 N–H and O–H groups in total. The minimum atomic E-state index is -0.0484. The molecule has 0 saturated carbocycles. The molecular weight excluding hydrogens is 388 g/mol. The van der Waals surface area contributed by atoms with E-state index in [2.05, 4.69) is 0 Å². The van der Waals surface area contributed by atoms with Crippen LogP contribution in [0, 0.1) is 0 Å². The predicted octanol–water partition coefficient (Wildman–Crippen LogP) is 3.46. The molecule has 4 rings (SSSR count). The maximum atomic E-state index is 12.8. The van der Waals surface area contributed by atoms with Gasteiger partial charge < -0.3 is 19.3 Å². The second kappa shape index (κ2) is 9.41. The van der Waals surface area contributed by atoms with Gasteiger partial charge in [0.15, 0.2) is 6.61 Å². The molecule has 1 atom stereocenters. The van der Waals surface area contributed by atoms with Gasteiger partial charge in [0.25, 0.3) is 5.91 Å². The second-order valence-electron chi connectivity index (χ2n) is 7.42. The van der Waals surface area contributed by atoms with Crippen molar-refractivity contribution in [3.8, 4) is 5.75 Å². The first kappa shape index (κ1) is 19.9. The predicted molar refractivity (Wildman–Crippen MR) is 112 cm³/mol. The summed E-state index contributed by atoms with van der Waals surface area (Å²) in [4.78, 5) is 29.5. The summed E-state index contributed by atoms with van der Waals surface area (Å²) >= 11 is 1.65. The van der Waals surface area contributed by atoms with E-state index in [9.17, 15) is 9.59 Å². The molecule has 1 aromatic carbocycles. The molecule has 2 fully saturated rings. The van der Waals surface area contributed by atoms with Crippen LogP contribution < -0.4 is 9.64 Å². The molecule has 0 aliphatic carbocycles. The van der Waals surface area contributed by atoms with Crippen molar-refractivity contribution >= 4 is 28.8 Å². The minimum absolute atomic E-state index is 0.0138. The van der Waals surface area contributed by atoms with Crippen molar-refractivity contribution < 1.29 is 19.1 Å². The van der Waals surface area contributed by atoms with E-state index < -0.39 is 0 Å². The molecule has 7 heteroatoms. The van der Waals surface area contributed by atoms with E-state index >= 15 is 0 Å². The minimum Gasteiger partial charge on any atom is -0.484 e. The fourth-order valence-corrected chi connectivity index (χ4v) is 4.48. The standard InChI is InChI=1S/C22H26N2O4S/c25-21-6-1-11-24(21)17-7-9-18(10-8-17)28-16-22(26)23(14-19-4-2-12-27-19)15-20-5-3-13-29-20/h3,5,7-10,13,19H,1-2,4,6,11-12,14-16H2. The van der Waals surface area contributed by atoms with Crippen molar-refractivity contribution in [1.82, 2.24) is 4.90 Å². The monoisotopic (exact) mass is 414 g/mol. The Morgan fingerprint density at radius 3 is 2.76 bits per heavy atom. The second-order valence-corrected chi connectivity index (χ2v) is 8.45. The highest BCUT2D eigenvalue weighted by Gasteiger charge is 2.24. The first-order valence-electron chi connectivity index (χ1n) is 10.1. The zero-order valence-electron chi connectivity index (χ0n) is 16.4. The largest absolute Gasteiger partial charge is 0.484 e. The van der Waals surface area contributed by atoms with E-state index in [1.807, 2.05) is 46.7 Å². The molecule has 2 amide bonds. The van der Waals surface area contributed by atoms with Gasteiger partial charge in [0.05, 0.1) is 12.6 Å². The van der Waals surface area contributed by atoms with Crippen LogP contribution in [0.1, 0.15) is 30.6 Å². The molecule has 0 bridgehead atoms. The van der Waals surface area contributed by atoms with Gasteiger partial charge in [-0.15, -0.1) is 11.3 Å². The Bertz CT molecular complexity index is 816. The summed E-state index contributed by atoms with van der Waals surface area (Å²) in [7, 11) is 0. The molecule has 154 valence electrons. The highest BCUT2D eigenvalue weighted by atomic mass is 32.1. The number of ether oxygens (including phenoxy) is 2. The third-order valence-electron chi connectivity index (χ3n) is 5.31. The van der Waals surface area contributed by atoms with Crippen molar-refractivity contribution in [1.29, 1.82) is 0 Å². The van der Waals surface area contributed by atoms with Crippen LogP contribution in [0.2, 0.25) is 0 Å². The Morgan fingerprint density at radius 2 is 2.10 bits per heavy atom. The van der Waals surface area contributed by atoms with Gasteiger partial charge in [-0.3, -0.25) is 9.59 Å². The molecule has 29 heavy (non-hydrogen) atoms. The zero-order valence-corrected chi connectivity index (χ0v) is 17.2. The van der Waals surface area contributed by atoms with Crippen LogP contribution in [-0.4, -0.2) is 49.1 Å². The number of thiophene rings is 1. The Labute approximate surface area is 175 Å². The quantitative estimate of drug-likeness (QED) is 0.664. The summed E-state index contributed by atoms with van der Waals surface area (Å²) in [5.74, 6) is 0.738. The van der Waals surface area contributed by atoms with Crippen LogP contribution in [0.4, 0.5) is 5.69 Å². The van der Waals surface area contributed by atoms with Crippen molar-refractivity contribution in [3.63, 3.8) is 0 Å². The molecule has 1 unspecified atom stereocenters. The summed E-state index contributed by atoms with van der Waals surface area (Å²) in [5, 5.41) is 2.02. The molecule has 6 nitrogen and oxygen atoms in total. The lowest BCUT2D eigenvalue weighted by Crippen LogP contribution is -2.39. The van der Waals surface area contributed by atoms with Gasteiger partial charge in [-0.2, -0.15) is 0 Å². The molecule has 1 aromatic heterocycles. The third kappa shape index (κ3) is 5.16. The lowest BCUT2D eigenvalue weighted by molar-refractivity contribution is -0.135. The van der Waals surface area contributed by atoms with E-state index in [-0.39, 0.29) is 24.5 Å². The normalized spacial score (nSPS) is 19.0. The van der Waals surface area contributed by atoms with Gasteiger partial charge in [-0.05, 0) is 55.0 Å². The zero-order chi connectivity index (χ0) is 20.1. The summed E-state index contributed by atoms with van der Waals surface area (Å²) < 4.78 is 11.5. The van der Waals surface area contributed by atoms with Gasteiger partial charge in [-0.25, -0.2) is 0 Å². The van der Waals surface area contributed by atoms with E-state index in [4.69, 9.17) is 9.47 Å². The van der Waals surface area contributed by atoms with Crippen LogP contribution in [-0.2, 0) is 20.9 Å². The van der Waals surface area contributed by atoms with Gasteiger partial charge >= 0.3 is 0 Å². The van der Waals surface area contributed by atoms with E-state index in [1.54, 1.807) is 16.2 Å². The molecule has 3 heterocycles. The smallest absolute Gasteiger partial charge is 0.260 e. The highest BCUT2D eigenvalue weighted by molar-refractivity contribution is 7.09. The Morgan fingerprint density at radius 1 is 1.24 bits per heavy atom. The van der Waals surface area contributed by atoms with Crippen LogP contribution in [0.3, 0.4) is 0 Å². The maximum absolute atomic E-state index is 12.8. The summed E-state index contributed by atoms with van der Waals surface area (Å²) in [6, 6.07) is 11.4. The molecule has 2 saturated heterocycles. The molecule has 0 spiro atoms. The summed E-state index contributed by atoms with van der Waals surface area (Å²) in [6.07, 6.45) is 3.66. The van der Waals surface area contributed by atoms with Crippen LogP contribution >= 0.6 is 11.3 Å². The lowest BCUT2D eigenvalue weighted by atomic mass is 10.2.